The van der Waals surface area contributed by atoms with E-state index in [1.165, 1.54) is 148 Å². The first-order valence-corrected chi connectivity index (χ1v) is 48.4. The number of rotatable bonds is 85. The Bertz CT molecular complexity index is 2770. The Balaban J connectivity index is 4.49. The topological polar surface area (TPSA) is 231 Å². The number of carbonyl (C=O) groups excluding carboxylic acids is 3. The molecule has 0 aliphatic carbocycles. The average Bonchev–Trinajstić information content (AvgIpc) is 0.926. The number of hydrogen-bond donors (Lipinski definition) is 4. The molecule has 5 unspecified atom stereocenters. The fourth-order valence-corrected chi connectivity index (χ4v) is 13.7. The molecule has 0 amide bonds. The summed E-state index contributed by atoms with van der Waals surface area (Å²) in [5, 5.41) is 20.7. The van der Waals surface area contributed by atoms with Crippen molar-refractivity contribution in [1.82, 2.24) is 0 Å². The van der Waals surface area contributed by atoms with E-state index in [1.807, 2.05) is 0 Å². The molecule has 0 spiro atoms. The highest BCUT2D eigenvalue weighted by Gasteiger charge is 2.29. The summed E-state index contributed by atoms with van der Waals surface area (Å²) in [6.45, 7) is 2.42. The van der Waals surface area contributed by atoms with Crippen LogP contribution in [0.2, 0.25) is 0 Å². The first-order valence-electron chi connectivity index (χ1n) is 45.4. The normalized spacial score (nSPS) is 14.6. The fraction of sp³-hybridized carbons (Fsp3) is 0.680. The number of carbonyl (C=O) groups is 3. The summed E-state index contributed by atoms with van der Waals surface area (Å²) >= 11 is 0. The second-order valence-electron chi connectivity index (χ2n) is 30.0. The molecule has 4 N–H and O–H groups in total. The zero-order valence-electron chi connectivity index (χ0n) is 72.4. The molecule has 0 rings (SSSR count). The van der Waals surface area contributed by atoms with Crippen LogP contribution in [-0.4, -0.2) is 95.9 Å². The number of phosphoric ester groups is 2. The van der Waals surface area contributed by atoms with Crippen molar-refractivity contribution in [3.8, 4) is 0 Å². The Kier molecular flexibility index (Phi) is 84.3. The third-order valence-electron chi connectivity index (χ3n) is 18.9. The predicted molar refractivity (Wildman–Crippen MR) is 482 cm³/mol. The molecule has 5 atom stereocenters. The minimum Gasteiger partial charge on any atom is -0.463 e. The van der Waals surface area contributed by atoms with Gasteiger partial charge in [-0.1, -0.05) is 364 Å². The molecule has 0 radical (unpaired) electrons. The Labute approximate surface area is 701 Å². The van der Waals surface area contributed by atoms with Crippen LogP contribution in [0.5, 0.6) is 0 Å². The van der Waals surface area contributed by atoms with Gasteiger partial charge in [0.15, 0.2) is 6.10 Å². The van der Waals surface area contributed by atoms with Crippen LogP contribution in [-0.2, 0) is 55.8 Å². The van der Waals surface area contributed by atoms with E-state index in [9.17, 15) is 43.5 Å². The van der Waals surface area contributed by atoms with Crippen LogP contribution in [0.15, 0.2) is 170 Å². The molecule has 18 heteroatoms. The van der Waals surface area contributed by atoms with Crippen LogP contribution in [0.4, 0.5) is 0 Å². The molecule has 0 saturated carbocycles. The molecule has 16 nitrogen and oxygen atoms in total. The largest absolute Gasteiger partial charge is 0.472 e. The number of ether oxygens (including phenoxy) is 3. The van der Waals surface area contributed by atoms with Gasteiger partial charge in [0.05, 0.1) is 26.4 Å². The molecule has 0 aromatic carbocycles. The van der Waals surface area contributed by atoms with Gasteiger partial charge in [-0.05, 0) is 154 Å². The number of aliphatic hydroxyl groups is 2. The van der Waals surface area contributed by atoms with E-state index < -0.39 is 91.5 Å². The number of phosphoric acid groups is 2. The molecule has 0 aromatic heterocycles. The molecular weight excluding hydrogens is 1480 g/mol. The number of allylic oxidation sites excluding steroid dienone is 28. The standard InChI is InChI=1S/C97H164O16P2/c1-4-7-10-13-16-19-22-25-28-31-33-35-37-39-41-42-43-44-45-46-47-48-50-52-53-55-57-60-62-65-68-71-74-77-80-83-95(100)107-86-92(98)87-109-114(103,104)110-88-93(99)89-111-115(105,106)112-91-94(113-97(102)85-82-79-76-73-70-67-64-59-30-27-24-21-18-15-12-9-6-3)90-108-96(101)84-81-78-75-72-69-66-63-61-58-56-54-51-49-40-38-36-34-32-29-26-23-20-17-14-11-8-5-2/h7,9-10,12,16-21,25-30,33-36,39-41,43-44,49,64,67,92-94,98-99H,4-6,8,11,13-15,22-24,31-32,37-38,42,45-48,50-63,65-66,68-91H2,1-3H3,(H,103,104)(H,105,106)/b10-7-,12-9-,19-16-,20-17-,21-18-,28-25-,29-26-,30-27-,35-33-,36-34-,41-39-,44-43-,49-40-,67-64-. The Morgan fingerprint density at radius 3 is 0.730 bits per heavy atom. The molecule has 0 heterocycles. The molecule has 0 aromatic rings. The SMILES string of the molecule is CC/C=C\C/C=C\C/C=C\C/C=C\C/C=C\C/C=C\CCCCCCCCCCCCCCCCCCC(=O)OCC(O)COP(=O)(O)OCC(O)COP(=O)(O)OCC(COC(=O)CCCCCCCCCCCCC/C=C\C/C=C\C/C=C\C/C=C\CCCCC)OC(=O)CCCCCC/C=C\C/C=C\C/C=C\C/C=C\CC. The van der Waals surface area contributed by atoms with E-state index in [0.29, 0.717) is 19.3 Å². The molecule has 115 heavy (non-hydrogen) atoms. The molecule has 0 bridgehead atoms. The minimum absolute atomic E-state index is 0.0724. The fourth-order valence-electron chi connectivity index (χ4n) is 12.1. The van der Waals surface area contributed by atoms with E-state index in [4.69, 9.17) is 32.3 Å². The third kappa shape index (κ3) is 89.5. The lowest BCUT2D eigenvalue weighted by Crippen LogP contribution is -2.30. The van der Waals surface area contributed by atoms with Gasteiger partial charge in [0.1, 0.15) is 25.4 Å². The van der Waals surface area contributed by atoms with Gasteiger partial charge in [-0.3, -0.25) is 32.5 Å². The summed E-state index contributed by atoms with van der Waals surface area (Å²) in [4.78, 5) is 58.9. The zero-order valence-corrected chi connectivity index (χ0v) is 74.2. The number of hydrogen-bond acceptors (Lipinski definition) is 14. The Morgan fingerprint density at radius 2 is 0.461 bits per heavy atom. The molecular formula is C97H164O16P2. The summed E-state index contributed by atoms with van der Waals surface area (Å²) < 4.78 is 61.4. The third-order valence-corrected chi connectivity index (χ3v) is 20.8. The maximum atomic E-state index is 13.0. The Morgan fingerprint density at radius 1 is 0.252 bits per heavy atom. The lowest BCUT2D eigenvalue weighted by Gasteiger charge is -2.21. The minimum atomic E-state index is -4.95. The zero-order chi connectivity index (χ0) is 83.6. The molecule has 0 fully saturated rings. The van der Waals surface area contributed by atoms with Crippen molar-refractivity contribution >= 4 is 33.6 Å². The highest BCUT2D eigenvalue weighted by molar-refractivity contribution is 7.47. The van der Waals surface area contributed by atoms with Crippen LogP contribution in [0.3, 0.4) is 0 Å². The molecule has 0 aliphatic heterocycles. The second kappa shape index (κ2) is 88.2. The predicted octanol–water partition coefficient (Wildman–Crippen LogP) is 27.9. The van der Waals surface area contributed by atoms with E-state index in [1.54, 1.807) is 0 Å². The highest BCUT2D eigenvalue weighted by atomic mass is 31.2. The van der Waals surface area contributed by atoms with Crippen LogP contribution in [0.25, 0.3) is 0 Å². The maximum absolute atomic E-state index is 13.0. The summed E-state index contributed by atoms with van der Waals surface area (Å²) in [6.07, 6.45) is 114. The monoisotopic (exact) mass is 1650 g/mol. The van der Waals surface area contributed by atoms with Crippen LogP contribution in [0.1, 0.15) is 367 Å². The van der Waals surface area contributed by atoms with Gasteiger partial charge < -0.3 is 34.2 Å². The van der Waals surface area contributed by atoms with Crippen molar-refractivity contribution in [2.45, 2.75) is 386 Å². The number of unbranched alkanes of at least 4 members (excludes halogenated alkanes) is 34. The lowest BCUT2D eigenvalue weighted by molar-refractivity contribution is -0.161. The van der Waals surface area contributed by atoms with E-state index in [2.05, 4.69) is 191 Å². The summed E-state index contributed by atoms with van der Waals surface area (Å²) in [6, 6.07) is 0. The van der Waals surface area contributed by atoms with Gasteiger partial charge in [-0.15, -0.1) is 0 Å². The van der Waals surface area contributed by atoms with E-state index >= 15 is 0 Å². The second-order valence-corrected chi connectivity index (χ2v) is 32.9. The smallest absolute Gasteiger partial charge is 0.463 e. The summed E-state index contributed by atoms with van der Waals surface area (Å²) in [5.74, 6) is -1.60. The van der Waals surface area contributed by atoms with Crippen LogP contribution >= 0.6 is 15.6 Å². The van der Waals surface area contributed by atoms with Crippen molar-refractivity contribution < 1.29 is 75.8 Å². The Hall–Kier alpha value is -5.09. The first-order chi connectivity index (χ1) is 56.2. The van der Waals surface area contributed by atoms with Gasteiger partial charge in [-0.2, -0.15) is 0 Å². The van der Waals surface area contributed by atoms with Crippen molar-refractivity contribution in [3.63, 3.8) is 0 Å². The van der Waals surface area contributed by atoms with Gasteiger partial charge in [-0.25, -0.2) is 9.13 Å². The van der Waals surface area contributed by atoms with Crippen LogP contribution < -0.4 is 0 Å². The van der Waals surface area contributed by atoms with Gasteiger partial charge in [0.25, 0.3) is 0 Å². The molecule has 658 valence electrons. The highest BCUT2D eigenvalue weighted by Crippen LogP contribution is 2.45. The van der Waals surface area contributed by atoms with Crippen molar-refractivity contribution in [3.05, 3.63) is 170 Å². The van der Waals surface area contributed by atoms with Gasteiger partial charge in [0, 0.05) is 19.3 Å². The van der Waals surface area contributed by atoms with Crippen molar-refractivity contribution in [1.29, 1.82) is 0 Å². The quantitative estimate of drug-likeness (QED) is 0.0146. The van der Waals surface area contributed by atoms with E-state index in [0.717, 1.165) is 161 Å². The maximum Gasteiger partial charge on any atom is 0.472 e. The summed E-state index contributed by atoms with van der Waals surface area (Å²) in [7, 11) is -9.82. The van der Waals surface area contributed by atoms with Crippen molar-refractivity contribution in [2.24, 2.45) is 0 Å². The molecule has 0 saturated heterocycles. The van der Waals surface area contributed by atoms with Gasteiger partial charge in [0.2, 0.25) is 0 Å². The number of esters is 3. The number of aliphatic hydroxyl groups excluding tert-OH is 2. The van der Waals surface area contributed by atoms with Crippen LogP contribution in [0, 0.1) is 0 Å². The average molecular weight is 1650 g/mol. The lowest BCUT2D eigenvalue weighted by atomic mass is 10.0. The summed E-state index contributed by atoms with van der Waals surface area (Å²) in [5.41, 5.74) is 0. The van der Waals surface area contributed by atoms with Crippen molar-refractivity contribution in [2.75, 3.05) is 39.6 Å². The van der Waals surface area contributed by atoms with E-state index in [-0.39, 0.29) is 19.3 Å². The van der Waals surface area contributed by atoms with Gasteiger partial charge >= 0.3 is 33.6 Å². The first kappa shape index (κ1) is 110. The molecule has 0 aliphatic rings.